The van der Waals surface area contributed by atoms with Crippen LogP contribution in [0.3, 0.4) is 0 Å². The molecule has 0 bridgehead atoms. The predicted octanol–water partition coefficient (Wildman–Crippen LogP) is 2.85. The van der Waals surface area contributed by atoms with Crippen LogP contribution < -0.4 is 11.2 Å². The SMILES string of the molecule is Nn1c(SCC(=O)NC2CCCCC2)nnc1-c1ccccc1Cl. The highest BCUT2D eigenvalue weighted by Gasteiger charge is 2.18. The highest BCUT2D eigenvalue weighted by Crippen LogP contribution is 2.27. The predicted molar refractivity (Wildman–Crippen MR) is 96.4 cm³/mol. The molecule has 0 unspecified atom stereocenters. The van der Waals surface area contributed by atoms with Crippen molar-refractivity contribution in [3.8, 4) is 11.4 Å². The first kappa shape index (κ1) is 17.1. The van der Waals surface area contributed by atoms with Crippen LogP contribution in [0.4, 0.5) is 0 Å². The van der Waals surface area contributed by atoms with Crippen LogP contribution in [-0.4, -0.2) is 32.6 Å². The molecule has 1 aromatic heterocycles. The van der Waals surface area contributed by atoms with Crippen molar-refractivity contribution in [2.45, 2.75) is 43.3 Å². The Morgan fingerprint density at radius 2 is 2.04 bits per heavy atom. The number of nitrogens with one attached hydrogen (secondary N) is 1. The molecule has 1 aromatic carbocycles. The van der Waals surface area contributed by atoms with Crippen LogP contribution in [0.2, 0.25) is 5.02 Å². The van der Waals surface area contributed by atoms with Crippen molar-refractivity contribution >= 4 is 29.3 Å². The van der Waals surface area contributed by atoms with Crippen molar-refractivity contribution in [3.05, 3.63) is 29.3 Å². The molecule has 128 valence electrons. The summed E-state index contributed by atoms with van der Waals surface area (Å²) in [6, 6.07) is 7.62. The van der Waals surface area contributed by atoms with Gasteiger partial charge in [-0.3, -0.25) is 4.79 Å². The average Bonchev–Trinajstić information content (AvgIpc) is 2.95. The zero-order valence-corrected chi connectivity index (χ0v) is 14.8. The van der Waals surface area contributed by atoms with Crippen molar-refractivity contribution in [2.75, 3.05) is 11.6 Å². The maximum Gasteiger partial charge on any atom is 0.230 e. The molecular weight excluding hydrogens is 346 g/mol. The van der Waals surface area contributed by atoms with Gasteiger partial charge in [-0.15, -0.1) is 10.2 Å². The summed E-state index contributed by atoms with van der Waals surface area (Å²) in [5.41, 5.74) is 0.715. The highest BCUT2D eigenvalue weighted by atomic mass is 35.5. The van der Waals surface area contributed by atoms with Gasteiger partial charge in [0.1, 0.15) is 0 Å². The number of halogens is 1. The molecule has 1 amide bonds. The second-order valence-electron chi connectivity index (χ2n) is 5.85. The second-order valence-corrected chi connectivity index (χ2v) is 7.20. The van der Waals surface area contributed by atoms with Gasteiger partial charge in [-0.2, -0.15) is 0 Å². The lowest BCUT2D eigenvalue weighted by Gasteiger charge is -2.22. The number of nitrogens with zero attached hydrogens (tertiary/aromatic N) is 3. The highest BCUT2D eigenvalue weighted by molar-refractivity contribution is 7.99. The van der Waals surface area contributed by atoms with E-state index in [1.54, 1.807) is 6.07 Å². The van der Waals surface area contributed by atoms with Gasteiger partial charge in [0.2, 0.25) is 11.1 Å². The van der Waals surface area contributed by atoms with Gasteiger partial charge >= 0.3 is 0 Å². The number of aromatic nitrogens is 3. The zero-order valence-electron chi connectivity index (χ0n) is 13.2. The van der Waals surface area contributed by atoms with Gasteiger partial charge in [0.25, 0.3) is 0 Å². The van der Waals surface area contributed by atoms with Crippen LogP contribution in [0.25, 0.3) is 11.4 Å². The Bertz CT molecular complexity index is 714. The Morgan fingerprint density at radius 3 is 2.79 bits per heavy atom. The van der Waals surface area contributed by atoms with E-state index in [2.05, 4.69) is 15.5 Å². The van der Waals surface area contributed by atoms with Crippen molar-refractivity contribution in [1.29, 1.82) is 0 Å². The maximum absolute atomic E-state index is 12.1. The molecule has 1 aliphatic carbocycles. The number of carbonyl (C=O) groups is 1. The lowest BCUT2D eigenvalue weighted by molar-refractivity contribution is -0.119. The molecule has 0 atom stereocenters. The first-order chi connectivity index (χ1) is 11.6. The molecule has 1 heterocycles. The Morgan fingerprint density at radius 1 is 1.29 bits per heavy atom. The van der Waals surface area contributed by atoms with Crippen LogP contribution in [0.1, 0.15) is 32.1 Å². The van der Waals surface area contributed by atoms with E-state index in [1.165, 1.54) is 35.7 Å². The third-order valence-corrected chi connectivity index (χ3v) is 5.35. The standard InChI is InChI=1S/C16H20ClN5OS/c17-13-9-5-4-8-12(13)15-20-21-16(22(15)18)24-10-14(23)19-11-6-2-1-3-7-11/h4-5,8-9,11H,1-3,6-7,10,18H2,(H,19,23). The van der Waals surface area contributed by atoms with Gasteiger partial charge in [0, 0.05) is 11.6 Å². The molecule has 1 saturated carbocycles. The maximum atomic E-state index is 12.1. The number of benzene rings is 1. The molecule has 6 nitrogen and oxygen atoms in total. The molecule has 0 spiro atoms. The van der Waals surface area contributed by atoms with Gasteiger partial charge in [-0.25, -0.2) is 4.68 Å². The number of amides is 1. The van der Waals surface area contributed by atoms with Crippen LogP contribution in [0.5, 0.6) is 0 Å². The molecule has 24 heavy (non-hydrogen) atoms. The summed E-state index contributed by atoms with van der Waals surface area (Å²) in [5.74, 6) is 6.82. The number of thioether (sulfide) groups is 1. The first-order valence-electron chi connectivity index (χ1n) is 8.02. The summed E-state index contributed by atoms with van der Waals surface area (Å²) in [6.07, 6.45) is 5.79. The van der Waals surface area contributed by atoms with E-state index in [-0.39, 0.29) is 11.7 Å². The fourth-order valence-corrected chi connectivity index (χ4v) is 3.74. The molecule has 0 saturated heterocycles. The second kappa shape index (κ2) is 7.90. The fourth-order valence-electron chi connectivity index (χ4n) is 2.85. The summed E-state index contributed by atoms with van der Waals surface area (Å²) in [4.78, 5) is 12.1. The third kappa shape index (κ3) is 4.02. The van der Waals surface area contributed by atoms with E-state index < -0.39 is 0 Å². The quantitative estimate of drug-likeness (QED) is 0.628. The molecule has 8 heteroatoms. The van der Waals surface area contributed by atoms with E-state index in [9.17, 15) is 4.79 Å². The Kier molecular flexibility index (Phi) is 5.63. The minimum Gasteiger partial charge on any atom is -0.353 e. The molecule has 2 aromatic rings. The Labute approximate surface area is 150 Å². The number of hydrogen-bond acceptors (Lipinski definition) is 5. The summed E-state index contributed by atoms with van der Waals surface area (Å²) < 4.78 is 1.37. The van der Waals surface area contributed by atoms with Gasteiger partial charge < -0.3 is 11.2 Å². The fraction of sp³-hybridized carbons (Fsp3) is 0.438. The number of nitrogens with two attached hydrogens (primary N) is 1. The molecule has 0 radical (unpaired) electrons. The molecule has 3 N–H and O–H groups in total. The van der Waals surface area contributed by atoms with Gasteiger partial charge in [0.05, 0.1) is 10.8 Å². The van der Waals surface area contributed by atoms with Crippen molar-refractivity contribution in [1.82, 2.24) is 20.2 Å². The number of hydrogen-bond donors (Lipinski definition) is 2. The molecule has 1 aliphatic rings. The van der Waals surface area contributed by atoms with E-state index in [0.717, 1.165) is 12.8 Å². The first-order valence-corrected chi connectivity index (χ1v) is 9.39. The number of carbonyl (C=O) groups excluding carboxylic acids is 1. The van der Waals surface area contributed by atoms with Gasteiger partial charge in [0.15, 0.2) is 5.82 Å². The summed E-state index contributed by atoms with van der Waals surface area (Å²) >= 11 is 7.44. The van der Waals surface area contributed by atoms with E-state index in [1.807, 2.05) is 18.2 Å². The zero-order chi connectivity index (χ0) is 16.9. The van der Waals surface area contributed by atoms with E-state index in [4.69, 9.17) is 17.4 Å². The largest absolute Gasteiger partial charge is 0.353 e. The Balaban J connectivity index is 1.60. The van der Waals surface area contributed by atoms with Crippen molar-refractivity contribution < 1.29 is 4.79 Å². The normalized spacial score (nSPS) is 15.4. The van der Waals surface area contributed by atoms with E-state index in [0.29, 0.717) is 27.6 Å². The van der Waals surface area contributed by atoms with Crippen LogP contribution in [-0.2, 0) is 4.79 Å². The lowest BCUT2D eigenvalue weighted by atomic mass is 9.95. The minimum atomic E-state index is 0.00851. The number of nitrogen functional groups attached to an aromatic ring is 1. The molecule has 1 fully saturated rings. The van der Waals surface area contributed by atoms with Gasteiger partial charge in [-0.05, 0) is 25.0 Å². The summed E-state index contributed by atoms with van der Waals surface area (Å²) in [7, 11) is 0. The lowest BCUT2D eigenvalue weighted by Crippen LogP contribution is -2.37. The minimum absolute atomic E-state index is 0.00851. The average molecular weight is 366 g/mol. The monoisotopic (exact) mass is 365 g/mol. The molecule has 0 aliphatic heterocycles. The van der Waals surface area contributed by atoms with Crippen molar-refractivity contribution in [2.24, 2.45) is 0 Å². The van der Waals surface area contributed by atoms with E-state index >= 15 is 0 Å². The van der Waals surface area contributed by atoms with Crippen molar-refractivity contribution in [3.63, 3.8) is 0 Å². The van der Waals surface area contributed by atoms with Crippen LogP contribution >= 0.6 is 23.4 Å². The summed E-state index contributed by atoms with van der Waals surface area (Å²) in [6.45, 7) is 0. The Hall–Kier alpha value is -1.73. The molecule has 3 rings (SSSR count). The smallest absolute Gasteiger partial charge is 0.230 e. The third-order valence-electron chi connectivity index (χ3n) is 4.08. The summed E-state index contributed by atoms with van der Waals surface area (Å²) in [5, 5.41) is 12.3. The van der Waals surface area contributed by atoms with Crippen LogP contribution in [0.15, 0.2) is 29.4 Å². The number of rotatable bonds is 5. The molecular formula is C16H20ClN5OS. The topological polar surface area (TPSA) is 85.8 Å². The van der Waals surface area contributed by atoms with Crippen LogP contribution in [0, 0.1) is 0 Å². The van der Waals surface area contributed by atoms with Gasteiger partial charge in [-0.1, -0.05) is 54.8 Å².